The van der Waals surface area contributed by atoms with Crippen molar-refractivity contribution in [2.45, 2.75) is 0 Å². The standard InChI is InChI=1S/2C45H29N3O.C39H25N3O/c1-4-12-30(13-5-1)32-22-26-34(27-23-32)37-18-10-19-38-41-39(20-11-21-40(41)49-42(37)38)45-47-43(35-16-8-3-9-17-35)46-44(48-45)36-28-24-33(25-29-36)31-14-6-2-7-15-31;1-4-11-30(12-5-1)32-19-23-34(24-20-32)38-17-10-18-40-42(38)39-28-27-37(29-41(39)49-40)45-47-43(35-15-8-3-9-16-35)46-44(48-45)36-25-21-33(22-26-36)31-13-6-2-7-14-31;1-4-11-26(12-5-1)27-19-21-30(22-20-27)38-40-37(29-15-8-3-9-16-29)41-39(42-38)31-23-24-33-35(25-31)43-34-18-10-17-32(36(33)34)28-13-6-2-7-14-28/h2*1-29H;1-25H. The van der Waals surface area contributed by atoms with Crippen molar-refractivity contribution in [1.29, 1.82) is 0 Å². The molecule has 26 aromatic rings. The molecule has 0 amide bonds. The minimum atomic E-state index is 0.593. The van der Waals surface area contributed by atoms with Crippen LogP contribution in [-0.2, 0) is 0 Å². The van der Waals surface area contributed by atoms with Gasteiger partial charge in [-0.3, -0.25) is 0 Å². The lowest BCUT2D eigenvalue weighted by Gasteiger charge is -2.10. The van der Waals surface area contributed by atoms with Gasteiger partial charge in [-0.25, -0.2) is 44.9 Å². The Morgan fingerprint density at radius 1 is 0.113 bits per heavy atom. The van der Waals surface area contributed by atoms with E-state index in [0.29, 0.717) is 52.4 Å². The molecule has 6 heterocycles. The highest BCUT2D eigenvalue weighted by molar-refractivity contribution is 6.16. The number of fused-ring (bicyclic) bond motifs is 9. The second-order valence-corrected chi connectivity index (χ2v) is 34.5. The minimum absolute atomic E-state index is 0.593. The zero-order valence-corrected chi connectivity index (χ0v) is 76.2. The van der Waals surface area contributed by atoms with Crippen molar-refractivity contribution in [1.82, 2.24) is 44.9 Å². The van der Waals surface area contributed by atoms with E-state index >= 15 is 0 Å². The highest BCUT2D eigenvalue weighted by atomic mass is 16.3. The average molecular weight is 1810 g/mol. The van der Waals surface area contributed by atoms with Crippen LogP contribution in [0.2, 0.25) is 0 Å². The summed E-state index contributed by atoms with van der Waals surface area (Å²) in [5.41, 5.74) is 31.5. The van der Waals surface area contributed by atoms with Crippen LogP contribution in [0.25, 0.3) is 257 Å². The lowest BCUT2D eigenvalue weighted by molar-refractivity contribution is 0.668. The molecule has 12 heteroatoms. The molecule has 0 bridgehead atoms. The molecule has 6 aromatic heterocycles. The van der Waals surface area contributed by atoms with Gasteiger partial charge in [0.25, 0.3) is 0 Å². The van der Waals surface area contributed by atoms with E-state index in [1.54, 1.807) is 0 Å². The quantitative estimate of drug-likeness (QED) is 0.0852. The summed E-state index contributed by atoms with van der Waals surface area (Å²) in [5.74, 6) is 5.53. The van der Waals surface area contributed by atoms with Gasteiger partial charge >= 0.3 is 0 Å². The Bertz CT molecular complexity index is 9000. The molecule has 0 aliphatic carbocycles. The topological polar surface area (TPSA) is 155 Å². The van der Waals surface area contributed by atoms with E-state index in [2.05, 4.69) is 334 Å². The molecule has 0 radical (unpaired) electrons. The Morgan fingerprint density at radius 3 is 0.624 bits per heavy atom. The van der Waals surface area contributed by atoms with Crippen molar-refractivity contribution in [3.8, 4) is 192 Å². The zero-order valence-electron chi connectivity index (χ0n) is 76.2. The maximum absolute atomic E-state index is 6.63. The van der Waals surface area contributed by atoms with E-state index < -0.39 is 0 Å². The van der Waals surface area contributed by atoms with Crippen LogP contribution in [0.4, 0.5) is 0 Å². The fourth-order valence-corrected chi connectivity index (χ4v) is 18.6. The first-order chi connectivity index (χ1) is 69.8. The van der Waals surface area contributed by atoms with Crippen LogP contribution >= 0.6 is 0 Å². The molecule has 0 saturated heterocycles. The lowest BCUT2D eigenvalue weighted by Crippen LogP contribution is -2.00. The smallest absolute Gasteiger partial charge is 0.164 e. The van der Waals surface area contributed by atoms with Gasteiger partial charge in [-0.1, -0.05) is 461 Å². The second kappa shape index (κ2) is 37.9. The summed E-state index contributed by atoms with van der Waals surface area (Å²) < 4.78 is 19.5. The molecule has 0 atom stereocenters. The van der Waals surface area contributed by atoms with Gasteiger partial charge in [0.2, 0.25) is 0 Å². The molecule has 0 spiro atoms. The Kier molecular flexibility index (Phi) is 22.8. The molecule has 0 fully saturated rings. The van der Waals surface area contributed by atoms with Gasteiger partial charge in [0.1, 0.15) is 33.5 Å². The van der Waals surface area contributed by atoms with E-state index in [4.69, 9.17) is 58.1 Å². The van der Waals surface area contributed by atoms with Crippen LogP contribution < -0.4 is 0 Å². The highest BCUT2D eigenvalue weighted by Crippen LogP contribution is 2.45. The van der Waals surface area contributed by atoms with Crippen molar-refractivity contribution < 1.29 is 13.3 Å². The van der Waals surface area contributed by atoms with Gasteiger partial charge in [-0.2, -0.15) is 0 Å². The summed E-state index contributed by atoms with van der Waals surface area (Å²) in [5, 5.41) is 6.32. The largest absolute Gasteiger partial charge is 0.456 e. The monoisotopic (exact) mass is 1810 g/mol. The Balaban J connectivity index is 0.000000115. The number of rotatable bonds is 17. The molecule has 20 aromatic carbocycles. The summed E-state index contributed by atoms with van der Waals surface area (Å²) in [6, 6.07) is 172. The van der Waals surface area contributed by atoms with Crippen LogP contribution in [-0.4, -0.2) is 44.9 Å². The van der Waals surface area contributed by atoms with Crippen LogP contribution in [0.3, 0.4) is 0 Å². The van der Waals surface area contributed by atoms with Crippen molar-refractivity contribution in [2.24, 2.45) is 0 Å². The number of furan rings is 3. The van der Waals surface area contributed by atoms with Crippen LogP contribution in [0.1, 0.15) is 0 Å². The van der Waals surface area contributed by atoms with Crippen molar-refractivity contribution >= 4 is 65.8 Å². The average Bonchev–Trinajstić information content (AvgIpc) is 1.61. The third-order valence-electron chi connectivity index (χ3n) is 25.7. The van der Waals surface area contributed by atoms with Gasteiger partial charge < -0.3 is 13.3 Å². The van der Waals surface area contributed by atoms with Crippen LogP contribution in [0.5, 0.6) is 0 Å². The third-order valence-corrected chi connectivity index (χ3v) is 25.7. The number of hydrogen-bond donors (Lipinski definition) is 0. The molecule has 0 N–H and O–H groups in total. The number of para-hydroxylation sites is 1. The summed E-state index contributed by atoms with van der Waals surface area (Å²) in [4.78, 5) is 44.8. The number of benzene rings is 20. The van der Waals surface area contributed by atoms with Gasteiger partial charge in [0.05, 0.1) is 0 Å². The van der Waals surface area contributed by atoms with E-state index in [-0.39, 0.29) is 0 Å². The predicted molar refractivity (Wildman–Crippen MR) is 574 cm³/mol. The predicted octanol–water partition coefficient (Wildman–Crippen LogP) is 33.7. The summed E-state index contributed by atoms with van der Waals surface area (Å²) in [6.07, 6.45) is 0. The normalized spacial score (nSPS) is 11.3. The first kappa shape index (κ1) is 84.8. The summed E-state index contributed by atoms with van der Waals surface area (Å²) in [7, 11) is 0. The summed E-state index contributed by atoms with van der Waals surface area (Å²) in [6.45, 7) is 0. The molecule has 0 saturated carbocycles. The molecule has 12 nitrogen and oxygen atoms in total. The molecule has 662 valence electrons. The Labute approximate surface area is 813 Å². The Morgan fingerprint density at radius 2 is 0.312 bits per heavy atom. The van der Waals surface area contributed by atoms with E-state index in [1.807, 2.05) is 170 Å². The second-order valence-electron chi connectivity index (χ2n) is 34.5. The fourth-order valence-electron chi connectivity index (χ4n) is 18.6. The van der Waals surface area contributed by atoms with E-state index in [0.717, 1.165) is 166 Å². The van der Waals surface area contributed by atoms with Crippen LogP contribution in [0, 0.1) is 0 Å². The minimum Gasteiger partial charge on any atom is -0.456 e. The molecule has 26 rings (SSSR count). The van der Waals surface area contributed by atoms with Gasteiger partial charge in [0.15, 0.2) is 52.4 Å². The van der Waals surface area contributed by atoms with Crippen molar-refractivity contribution in [3.05, 3.63) is 504 Å². The van der Waals surface area contributed by atoms with Gasteiger partial charge in [-0.05, 0) is 126 Å². The molecular weight excluding hydrogens is 1720 g/mol. The van der Waals surface area contributed by atoms with Gasteiger partial charge in [-0.15, -0.1) is 0 Å². The molecule has 0 unspecified atom stereocenters. The Hall–Kier alpha value is -19.2. The van der Waals surface area contributed by atoms with Crippen molar-refractivity contribution in [3.63, 3.8) is 0 Å². The molecular formula is C129H83N9O3. The van der Waals surface area contributed by atoms with E-state index in [9.17, 15) is 0 Å². The number of aromatic nitrogens is 9. The lowest BCUT2D eigenvalue weighted by atomic mass is 9.96. The molecule has 0 aliphatic rings. The number of hydrogen-bond acceptors (Lipinski definition) is 12. The maximum Gasteiger partial charge on any atom is 0.164 e. The van der Waals surface area contributed by atoms with Gasteiger partial charge in [0, 0.05) is 88.0 Å². The first-order valence-electron chi connectivity index (χ1n) is 47.0. The summed E-state index contributed by atoms with van der Waals surface area (Å²) >= 11 is 0. The third kappa shape index (κ3) is 17.4. The van der Waals surface area contributed by atoms with Crippen LogP contribution in [0.15, 0.2) is 517 Å². The first-order valence-corrected chi connectivity index (χ1v) is 47.0. The molecule has 141 heavy (non-hydrogen) atoms. The van der Waals surface area contributed by atoms with Crippen molar-refractivity contribution in [2.75, 3.05) is 0 Å². The molecule has 0 aliphatic heterocycles. The SMILES string of the molecule is c1ccc(-c2ccc(-c3nc(-c4ccccc4)nc(-c4ccc5c(c4)oc4cccc(-c6ccc(-c7ccccc7)cc6)c45)n3)cc2)cc1.c1ccc(-c2ccc(-c3nc(-c4ccccc4)nc(-c4ccc5c(c4)oc4cccc(-c6ccccc6)c45)n3)cc2)cc1.c1ccc(-c2ccc(-c3nc(-c4ccccc4)nc(-c4cccc5oc6c(-c7ccc(-c8ccccc8)cc7)cccc6c45)n3)cc2)cc1. The zero-order chi connectivity index (χ0) is 93.7. The number of nitrogens with zero attached hydrogens (tertiary/aromatic N) is 9. The highest BCUT2D eigenvalue weighted by Gasteiger charge is 2.24. The maximum atomic E-state index is 6.63. The van der Waals surface area contributed by atoms with E-state index in [1.165, 1.54) is 38.9 Å². The fraction of sp³-hybridized carbons (Fsp3) is 0.